The molecule has 0 saturated carbocycles. The largest absolute Gasteiger partial charge is 0.317 e. The molecule has 3 rings (SSSR count). The number of rotatable bonds is 2. The third-order valence-electron chi connectivity index (χ3n) is 3.23. The van der Waals surface area contributed by atoms with E-state index in [1.165, 1.54) is 0 Å². The Hall–Kier alpha value is -2.07. The van der Waals surface area contributed by atoms with Gasteiger partial charge in [-0.05, 0) is 39.3 Å². The number of aryl methyl sites for hydroxylation is 1. The van der Waals surface area contributed by atoms with E-state index in [1.807, 2.05) is 35.1 Å². The standard InChI is InChI=1S/C17H20N4.ClH/c1-12-10-11-18-16-14(12)19-15(13-8-6-5-7-9-13)21(16)20-17(2,3)4;/h5-11,20H,1-4H3;1H. The Kier molecular flexibility index (Phi) is 4.42. The summed E-state index contributed by atoms with van der Waals surface area (Å²) in [6, 6.07) is 12.2. The molecular formula is C17H21ClN4. The maximum Gasteiger partial charge on any atom is 0.179 e. The lowest BCUT2D eigenvalue weighted by atomic mass is 10.1. The molecule has 2 aromatic heterocycles. The van der Waals surface area contributed by atoms with Gasteiger partial charge in [0.25, 0.3) is 0 Å². The van der Waals surface area contributed by atoms with Crippen molar-refractivity contribution in [2.24, 2.45) is 0 Å². The first kappa shape index (κ1) is 16.3. The highest BCUT2D eigenvalue weighted by molar-refractivity contribution is 5.85. The average molecular weight is 317 g/mol. The monoisotopic (exact) mass is 316 g/mol. The maximum atomic E-state index is 4.80. The van der Waals surface area contributed by atoms with Crippen molar-refractivity contribution in [1.82, 2.24) is 14.6 Å². The van der Waals surface area contributed by atoms with Crippen LogP contribution in [0.15, 0.2) is 42.6 Å². The molecule has 0 radical (unpaired) electrons. The molecule has 4 nitrogen and oxygen atoms in total. The van der Waals surface area contributed by atoms with Crippen LogP contribution >= 0.6 is 12.4 Å². The summed E-state index contributed by atoms with van der Waals surface area (Å²) in [5, 5.41) is 0. The Morgan fingerprint density at radius 2 is 1.73 bits per heavy atom. The smallest absolute Gasteiger partial charge is 0.179 e. The second-order valence-electron chi connectivity index (χ2n) is 6.30. The Balaban J connectivity index is 0.00000176. The minimum absolute atomic E-state index is 0. The summed E-state index contributed by atoms with van der Waals surface area (Å²) in [4.78, 5) is 9.31. The van der Waals surface area contributed by atoms with Gasteiger partial charge in [-0.2, -0.15) is 0 Å². The molecule has 0 spiro atoms. The summed E-state index contributed by atoms with van der Waals surface area (Å²) in [5.74, 6) is 0.891. The van der Waals surface area contributed by atoms with E-state index in [0.717, 1.165) is 28.1 Å². The van der Waals surface area contributed by atoms with Crippen molar-refractivity contribution in [3.8, 4) is 11.4 Å². The first-order valence-corrected chi connectivity index (χ1v) is 7.13. The predicted octanol–water partition coefficient (Wildman–Crippen LogP) is 4.17. The lowest BCUT2D eigenvalue weighted by Gasteiger charge is -2.24. The van der Waals surface area contributed by atoms with E-state index in [2.05, 4.69) is 50.2 Å². The normalized spacial score (nSPS) is 11.3. The first-order chi connectivity index (χ1) is 9.96. The van der Waals surface area contributed by atoms with Crippen molar-refractivity contribution in [3.63, 3.8) is 0 Å². The van der Waals surface area contributed by atoms with Gasteiger partial charge in [0.05, 0.1) is 0 Å². The summed E-state index contributed by atoms with van der Waals surface area (Å²) in [6.07, 6.45) is 1.83. The molecule has 1 N–H and O–H groups in total. The van der Waals surface area contributed by atoms with Gasteiger partial charge < -0.3 is 5.43 Å². The van der Waals surface area contributed by atoms with E-state index in [1.54, 1.807) is 0 Å². The van der Waals surface area contributed by atoms with E-state index >= 15 is 0 Å². The van der Waals surface area contributed by atoms with E-state index < -0.39 is 0 Å². The van der Waals surface area contributed by atoms with Crippen LogP contribution in [-0.2, 0) is 0 Å². The molecule has 0 fully saturated rings. The van der Waals surface area contributed by atoms with Crippen molar-refractivity contribution in [2.45, 2.75) is 33.2 Å². The molecule has 1 aromatic carbocycles. The fourth-order valence-electron chi connectivity index (χ4n) is 2.32. The zero-order chi connectivity index (χ0) is 15.0. The molecule has 116 valence electrons. The van der Waals surface area contributed by atoms with Crippen molar-refractivity contribution < 1.29 is 0 Å². The molecule has 0 aliphatic carbocycles. The van der Waals surface area contributed by atoms with Crippen LogP contribution in [0.3, 0.4) is 0 Å². The molecule has 0 unspecified atom stereocenters. The van der Waals surface area contributed by atoms with Crippen LogP contribution < -0.4 is 5.43 Å². The fraction of sp³-hybridized carbons (Fsp3) is 0.294. The van der Waals surface area contributed by atoms with E-state index in [4.69, 9.17) is 4.98 Å². The van der Waals surface area contributed by atoms with E-state index in [-0.39, 0.29) is 17.9 Å². The molecule has 0 atom stereocenters. The lowest BCUT2D eigenvalue weighted by Crippen LogP contribution is -2.34. The molecule has 0 aliphatic rings. The molecule has 5 heteroatoms. The molecule has 0 aliphatic heterocycles. The Morgan fingerprint density at radius 1 is 1.05 bits per heavy atom. The second-order valence-corrected chi connectivity index (χ2v) is 6.30. The quantitative estimate of drug-likeness (QED) is 0.771. The minimum Gasteiger partial charge on any atom is -0.317 e. The van der Waals surface area contributed by atoms with Crippen LogP contribution in [0.25, 0.3) is 22.6 Å². The van der Waals surface area contributed by atoms with Gasteiger partial charge in [0.15, 0.2) is 11.5 Å². The summed E-state index contributed by atoms with van der Waals surface area (Å²) in [6.45, 7) is 8.45. The van der Waals surface area contributed by atoms with Gasteiger partial charge in [-0.1, -0.05) is 30.3 Å². The number of imidazole rings is 1. The number of hydrogen-bond donors (Lipinski definition) is 1. The van der Waals surface area contributed by atoms with Crippen molar-refractivity contribution in [2.75, 3.05) is 5.43 Å². The van der Waals surface area contributed by atoms with Gasteiger partial charge in [0, 0.05) is 17.3 Å². The Morgan fingerprint density at radius 3 is 2.36 bits per heavy atom. The number of aromatic nitrogens is 3. The fourth-order valence-corrected chi connectivity index (χ4v) is 2.32. The van der Waals surface area contributed by atoms with Crippen LogP contribution in [-0.4, -0.2) is 20.2 Å². The molecule has 2 heterocycles. The molecule has 0 saturated heterocycles. The summed E-state index contributed by atoms with van der Waals surface area (Å²) >= 11 is 0. The number of halogens is 1. The Bertz CT molecular complexity index is 772. The number of nitrogens with zero attached hydrogens (tertiary/aromatic N) is 3. The van der Waals surface area contributed by atoms with Crippen LogP contribution in [0.4, 0.5) is 0 Å². The SMILES string of the molecule is Cc1ccnc2c1nc(-c1ccccc1)n2NC(C)(C)C.Cl. The minimum atomic E-state index is -0.0808. The number of nitrogens with one attached hydrogen (secondary N) is 1. The molecule has 3 aromatic rings. The zero-order valence-electron chi connectivity index (χ0n) is 13.3. The summed E-state index contributed by atoms with van der Waals surface area (Å²) < 4.78 is 2.00. The average Bonchev–Trinajstić information content (AvgIpc) is 2.78. The van der Waals surface area contributed by atoms with E-state index in [9.17, 15) is 0 Å². The van der Waals surface area contributed by atoms with Crippen LogP contribution in [0.5, 0.6) is 0 Å². The number of fused-ring (bicyclic) bond motifs is 1. The number of pyridine rings is 1. The number of benzene rings is 1. The molecular weight excluding hydrogens is 296 g/mol. The van der Waals surface area contributed by atoms with Gasteiger partial charge in [0.2, 0.25) is 0 Å². The van der Waals surface area contributed by atoms with Crippen LogP contribution in [0.1, 0.15) is 26.3 Å². The Labute approximate surface area is 137 Å². The first-order valence-electron chi connectivity index (χ1n) is 7.13. The van der Waals surface area contributed by atoms with Gasteiger partial charge in [-0.15, -0.1) is 12.4 Å². The topological polar surface area (TPSA) is 42.7 Å². The highest BCUT2D eigenvalue weighted by atomic mass is 35.5. The lowest BCUT2D eigenvalue weighted by molar-refractivity contribution is 0.561. The van der Waals surface area contributed by atoms with Crippen LogP contribution in [0.2, 0.25) is 0 Å². The van der Waals surface area contributed by atoms with Crippen molar-refractivity contribution in [3.05, 3.63) is 48.2 Å². The predicted molar refractivity (Wildman–Crippen MR) is 94.1 cm³/mol. The molecule has 22 heavy (non-hydrogen) atoms. The number of hydrogen-bond acceptors (Lipinski definition) is 3. The summed E-state index contributed by atoms with van der Waals surface area (Å²) in [5.41, 5.74) is 7.42. The van der Waals surface area contributed by atoms with Crippen molar-refractivity contribution in [1.29, 1.82) is 0 Å². The maximum absolute atomic E-state index is 4.80. The van der Waals surface area contributed by atoms with Gasteiger partial charge in [-0.25, -0.2) is 14.6 Å². The third-order valence-corrected chi connectivity index (χ3v) is 3.23. The van der Waals surface area contributed by atoms with Gasteiger partial charge in [-0.3, -0.25) is 0 Å². The summed E-state index contributed by atoms with van der Waals surface area (Å²) in [7, 11) is 0. The molecule has 0 bridgehead atoms. The van der Waals surface area contributed by atoms with Crippen molar-refractivity contribution >= 4 is 23.6 Å². The third kappa shape index (κ3) is 3.07. The van der Waals surface area contributed by atoms with Gasteiger partial charge >= 0.3 is 0 Å². The second kappa shape index (κ2) is 5.97. The highest BCUT2D eigenvalue weighted by Gasteiger charge is 2.19. The van der Waals surface area contributed by atoms with Crippen LogP contribution in [0, 0.1) is 6.92 Å². The van der Waals surface area contributed by atoms with E-state index in [0.29, 0.717) is 0 Å². The van der Waals surface area contributed by atoms with Gasteiger partial charge in [0.1, 0.15) is 5.52 Å². The highest BCUT2D eigenvalue weighted by Crippen LogP contribution is 2.25. The zero-order valence-corrected chi connectivity index (χ0v) is 14.1. The molecule has 0 amide bonds.